The second-order valence-electron chi connectivity index (χ2n) is 3.21. The van der Waals surface area contributed by atoms with Crippen LogP contribution in [0.5, 0.6) is 0 Å². The molecule has 2 aromatic rings. The Balaban J connectivity index is 2.37. The molecule has 2 rings (SSSR count). The van der Waals surface area contributed by atoms with E-state index in [0.29, 0.717) is 10.0 Å². The minimum Gasteiger partial charge on any atom is -0.137 e. The molecule has 0 bridgehead atoms. The average molecular weight is 403 g/mol. The maximum atomic E-state index is 6.38. The third-order valence-electron chi connectivity index (χ3n) is 2.12. The number of halogens is 4. The molecular weight excluding hydrogens is 397 g/mol. The Hall–Kier alpha value is 0.520. The van der Waals surface area contributed by atoms with Gasteiger partial charge in [-0.3, -0.25) is 0 Å². The molecule has 0 aliphatic carbocycles. The van der Waals surface area contributed by atoms with E-state index in [2.05, 4.69) is 28.7 Å². The molecule has 0 saturated carbocycles. The Labute approximate surface area is 127 Å². The van der Waals surface area contributed by atoms with Crippen molar-refractivity contribution in [3.63, 3.8) is 0 Å². The molecule has 0 amide bonds. The normalized spacial score (nSPS) is 12.8. The number of rotatable bonds is 2. The summed E-state index contributed by atoms with van der Waals surface area (Å²) in [5, 5.41) is 3.06. The highest BCUT2D eigenvalue weighted by atomic mass is 127. The lowest BCUT2D eigenvalue weighted by Crippen LogP contribution is -1.92. The number of thiophene rings is 1. The smallest absolute Gasteiger partial charge is 0.0858 e. The monoisotopic (exact) mass is 402 g/mol. The molecule has 0 saturated heterocycles. The van der Waals surface area contributed by atoms with Gasteiger partial charge in [0.2, 0.25) is 0 Å². The van der Waals surface area contributed by atoms with Crippen LogP contribution in [0.3, 0.4) is 0 Å². The predicted octanol–water partition coefficient (Wildman–Crippen LogP) is 5.99. The summed E-state index contributed by atoms with van der Waals surface area (Å²) < 4.78 is 1.21. The first-order valence-corrected chi connectivity index (χ1v) is 7.56. The number of benzene rings is 1. The van der Waals surface area contributed by atoms with E-state index in [9.17, 15) is 0 Å². The van der Waals surface area contributed by atoms with E-state index in [-0.39, 0.29) is 5.38 Å². The molecular formula is C11H6Cl3IS. The maximum absolute atomic E-state index is 6.38. The largest absolute Gasteiger partial charge is 0.137 e. The van der Waals surface area contributed by atoms with E-state index in [0.717, 1.165) is 11.1 Å². The first-order chi connectivity index (χ1) is 7.58. The van der Waals surface area contributed by atoms with Gasteiger partial charge < -0.3 is 0 Å². The molecule has 84 valence electrons. The Kier molecular flexibility index (Phi) is 4.41. The Bertz CT molecular complexity index is 510. The molecule has 0 radical (unpaired) electrons. The molecule has 1 aromatic carbocycles. The van der Waals surface area contributed by atoms with Gasteiger partial charge in [-0.15, -0.1) is 22.9 Å². The van der Waals surface area contributed by atoms with Crippen LogP contribution in [0.25, 0.3) is 0 Å². The summed E-state index contributed by atoms with van der Waals surface area (Å²) in [5.41, 5.74) is 1.96. The molecule has 1 aromatic heterocycles. The summed E-state index contributed by atoms with van der Waals surface area (Å²) in [6.07, 6.45) is 0. The van der Waals surface area contributed by atoms with Crippen molar-refractivity contribution < 1.29 is 0 Å². The lowest BCUT2D eigenvalue weighted by atomic mass is 10.1. The average Bonchev–Trinajstić information content (AvgIpc) is 2.64. The highest BCUT2D eigenvalue weighted by Crippen LogP contribution is 2.36. The van der Waals surface area contributed by atoms with Gasteiger partial charge in [-0.2, -0.15) is 0 Å². The first-order valence-electron chi connectivity index (χ1n) is 4.41. The summed E-state index contributed by atoms with van der Waals surface area (Å²) in [5.74, 6) is 0. The molecule has 0 fully saturated rings. The molecule has 1 atom stereocenters. The van der Waals surface area contributed by atoms with Gasteiger partial charge in [-0.05, 0) is 57.3 Å². The van der Waals surface area contributed by atoms with Crippen molar-refractivity contribution in [3.8, 4) is 0 Å². The van der Waals surface area contributed by atoms with Crippen molar-refractivity contribution in [1.29, 1.82) is 0 Å². The van der Waals surface area contributed by atoms with Gasteiger partial charge in [0, 0.05) is 10.0 Å². The van der Waals surface area contributed by atoms with Crippen molar-refractivity contribution in [2.45, 2.75) is 5.38 Å². The zero-order chi connectivity index (χ0) is 11.7. The van der Waals surface area contributed by atoms with Gasteiger partial charge >= 0.3 is 0 Å². The summed E-state index contributed by atoms with van der Waals surface area (Å²) in [6, 6.07) is 7.45. The molecule has 0 spiro atoms. The third-order valence-corrected chi connectivity index (χ3v) is 4.97. The van der Waals surface area contributed by atoms with Crippen LogP contribution in [-0.2, 0) is 0 Å². The SMILES string of the molecule is Clc1ccc(C(Cl)c2csc(I)c2)c(Cl)c1. The number of hydrogen-bond acceptors (Lipinski definition) is 1. The van der Waals surface area contributed by atoms with E-state index in [1.807, 2.05) is 11.4 Å². The van der Waals surface area contributed by atoms with Gasteiger partial charge in [0.1, 0.15) is 0 Å². The Morgan fingerprint density at radius 3 is 2.50 bits per heavy atom. The van der Waals surface area contributed by atoms with Crippen LogP contribution in [0.4, 0.5) is 0 Å². The van der Waals surface area contributed by atoms with Gasteiger partial charge in [0.05, 0.1) is 8.26 Å². The number of hydrogen-bond donors (Lipinski definition) is 0. The van der Waals surface area contributed by atoms with E-state index < -0.39 is 0 Å². The highest BCUT2D eigenvalue weighted by molar-refractivity contribution is 14.1. The van der Waals surface area contributed by atoms with Crippen LogP contribution < -0.4 is 0 Å². The fourth-order valence-electron chi connectivity index (χ4n) is 1.34. The molecule has 5 heteroatoms. The Morgan fingerprint density at radius 2 is 1.94 bits per heavy atom. The van der Waals surface area contributed by atoms with Gasteiger partial charge in [-0.25, -0.2) is 0 Å². The zero-order valence-electron chi connectivity index (χ0n) is 7.88. The van der Waals surface area contributed by atoms with Crippen LogP contribution in [-0.4, -0.2) is 0 Å². The van der Waals surface area contributed by atoms with E-state index >= 15 is 0 Å². The van der Waals surface area contributed by atoms with Crippen LogP contribution in [0, 0.1) is 2.88 Å². The molecule has 0 nitrogen and oxygen atoms in total. The van der Waals surface area contributed by atoms with Crippen molar-refractivity contribution in [2.24, 2.45) is 0 Å². The second-order valence-corrected chi connectivity index (χ2v) is 7.30. The zero-order valence-corrected chi connectivity index (χ0v) is 13.1. The van der Waals surface area contributed by atoms with Gasteiger partial charge in [0.25, 0.3) is 0 Å². The third kappa shape index (κ3) is 2.85. The lowest BCUT2D eigenvalue weighted by Gasteiger charge is -2.10. The maximum Gasteiger partial charge on any atom is 0.0858 e. The van der Waals surface area contributed by atoms with Crippen molar-refractivity contribution in [1.82, 2.24) is 0 Å². The van der Waals surface area contributed by atoms with E-state index in [1.165, 1.54) is 2.88 Å². The second kappa shape index (κ2) is 5.44. The number of alkyl halides is 1. The quantitative estimate of drug-likeness (QED) is 0.427. The summed E-state index contributed by atoms with van der Waals surface area (Å²) in [6.45, 7) is 0. The predicted molar refractivity (Wildman–Crippen MR) is 81.2 cm³/mol. The molecule has 0 aliphatic heterocycles. The van der Waals surface area contributed by atoms with Gasteiger partial charge in [0.15, 0.2) is 0 Å². The van der Waals surface area contributed by atoms with E-state index in [1.54, 1.807) is 23.5 Å². The van der Waals surface area contributed by atoms with Gasteiger partial charge in [-0.1, -0.05) is 29.3 Å². The molecule has 16 heavy (non-hydrogen) atoms. The molecule has 0 N–H and O–H groups in total. The summed E-state index contributed by atoms with van der Waals surface area (Å²) >= 11 is 22.3. The minimum atomic E-state index is -0.218. The van der Waals surface area contributed by atoms with Crippen LogP contribution in [0.2, 0.25) is 10.0 Å². The molecule has 1 heterocycles. The van der Waals surface area contributed by atoms with Crippen LogP contribution in [0.1, 0.15) is 16.5 Å². The first kappa shape index (κ1) is 13.0. The van der Waals surface area contributed by atoms with Crippen molar-refractivity contribution >= 4 is 68.7 Å². The fourth-order valence-corrected chi connectivity index (χ4v) is 3.71. The van der Waals surface area contributed by atoms with Crippen LogP contribution in [0.15, 0.2) is 29.6 Å². The summed E-state index contributed by atoms with van der Waals surface area (Å²) in [4.78, 5) is 0. The minimum absolute atomic E-state index is 0.218. The highest BCUT2D eigenvalue weighted by Gasteiger charge is 2.15. The topological polar surface area (TPSA) is 0 Å². The molecule has 1 unspecified atom stereocenters. The standard InChI is InChI=1S/C11H6Cl3IS/c12-7-1-2-8(9(13)4-7)11(14)6-3-10(15)16-5-6/h1-5,11H. The fraction of sp³-hybridized carbons (Fsp3) is 0.0909. The van der Waals surface area contributed by atoms with E-state index in [4.69, 9.17) is 34.8 Å². The van der Waals surface area contributed by atoms with Crippen LogP contribution >= 0.6 is 68.7 Å². The molecule has 0 aliphatic rings. The lowest BCUT2D eigenvalue weighted by molar-refractivity contribution is 1.15. The Morgan fingerprint density at radius 1 is 1.19 bits per heavy atom. The van der Waals surface area contributed by atoms with Crippen molar-refractivity contribution in [3.05, 3.63) is 53.7 Å². The summed E-state index contributed by atoms with van der Waals surface area (Å²) in [7, 11) is 0. The van der Waals surface area contributed by atoms with Crippen molar-refractivity contribution in [2.75, 3.05) is 0 Å².